The molecule has 1 aromatic heterocycles. The number of esters is 1. The molecule has 2 amide bonds. The van der Waals surface area contributed by atoms with E-state index in [0.29, 0.717) is 23.2 Å². The Hall–Kier alpha value is -1.97. The fraction of sp³-hybridized carbons (Fsp3) is 0.588. The predicted octanol–water partition coefficient (Wildman–Crippen LogP) is 0.369. The highest BCUT2D eigenvalue weighted by molar-refractivity contribution is 7.12. The van der Waals surface area contributed by atoms with Crippen molar-refractivity contribution in [3.8, 4) is 0 Å². The third-order valence-corrected chi connectivity index (χ3v) is 5.35. The van der Waals surface area contributed by atoms with Gasteiger partial charge in [-0.05, 0) is 24.3 Å². The number of thiophene rings is 1. The summed E-state index contributed by atoms with van der Waals surface area (Å²) >= 11 is 1.24. The molecule has 0 aromatic carbocycles. The molecule has 142 valence electrons. The number of piperazine rings is 1. The number of anilines is 1. The van der Waals surface area contributed by atoms with E-state index in [-0.39, 0.29) is 18.4 Å². The molecule has 1 saturated carbocycles. The van der Waals surface area contributed by atoms with E-state index in [0.717, 1.165) is 39.0 Å². The number of carbonyl (C=O) groups excluding carboxylic acids is 3. The molecule has 2 heterocycles. The third-order valence-electron chi connectivity index (χ3n) is 4.45. The molecule has 9 heteroatoms. The lowest BCUT2D eigenvalue weighted by molar-refractivity contribution is -0.123. The van der Waals surface area contributed by atoms with Crippen molar-refractivity contribution in [3.05, 3.63) is 16.3 Å². The summed E-state index contributed by atoms with van der Waals surface area (Å²) in [6, 6.07) is 2.09. The van der Waals surface area contributed by atoms with Gasteiger partial charge in [-0.15, -0.1) is 11.3 Å². The van der Waals surface area contributed by atoms with Crippen molar-refractivity contribution in [1.29, 1.82) is 0 Å². The molecule has 0 atom stereocenters. The second-order valence-electron chi connectivity index (χ2n) is 6.60. The molecule has 3 rings (SSSR count). The minimum absolute atomic E-state index is 0.0893. The van der Waals surface area contributed by atoms with Crippen molar-refractivity contribution in [2.24, 2.45) is 0 Å². The molecule has 0 unspecified atom stereocenters. The number of methoxy groups -OCH3 is 1. The number of carbonyl (C=O) groups is 3. The van der Waals surface area contributed by atoms with E-state index in [1.54, 1.807) is 11.4 Å². The van der Waals surface area contributed by atoms with E-state index in [1.165, 1.54) is 18.4 Å². The van der Waals surface area contributed by atoms with Crippen LogP contribution in [-0.2, 0) is 14.3 Å². The monoisotopic (exact) mass is 380 g/mol. The Kier molecular flexibility index (Phi) is 6.23. The summed E-state index contributed by atoms with van der Waals surface area (Å²) in [4.78, 5) is 40.3. The van der Waals surface area contributed by atoms with Gasteiger partial charge in [0.2, 0.25) is 11.8 Å². The SMILES string of the molecule is COC(=O)c1sccc1NC(=O)CN1CCN(CC(=O)NC2CC2)CC1. The highest BCUT2D eigenvalue weighted by Gasteiger charge is 2.26. The van der Waals surface area contributed by atoms with E-state index in [9.17, 15) is 14.4 Å². The normalized spacial score (nSPS) is 18.3. The van der Waals surface area contributed by atoms with Crippen molar-refractivity contribution in [3.63, 3.8) is 0 Å². The van der Waals surface area contributed by atoms with E-state index in [2.05, 4.69) is 20.4 Å². The maximum Gasteiger partial charge on any atom is 0.350 e. The predicted molar refractivity (Wildman–Crippen MR) is 98.3 cm³/mol. The van der Waals surface area contributed by atoms with Gasteiger partial charge in [-0.3, -0.25) is 19.4 Å². The van der Waals surface area contributed by atoms with Gasteiger partial charge in [0.1, 0.15) is 4.88 Å². The first-order valence-electron chi connectivity index (χ1n) is 8.75. The molecule has 2 fully saturated rings. The zero-order valence-corrected chi connectivity index (χ0v) is 15.6. The molecule has 2 aliphatic rings. The highest BCUT2D eigenvalue weighted by Crippen LogP contribution is 2.23. The van der Waals surface area contributed by atoms with E-state index in [1.807, 2.05) is 0 Å². The lowest BCUT2D eigenvalue weighted by Crippen LogP contribution is -2.51. The van der Waals surface area contributed by atoms with Crippen LogP contribution in [0, 0.1) is 0 Å². The molecule has 0 spiro atoms. The zero-order chi connectivity index (χ0) is 18.5. The highest BCUT2D eigenvalue weighted by atomic mass is 32.1. The maximum atomic E-state index is 12.3. The van der Waals surface area contributed by atoms with Crippen LogP contribution in [0.3, 0.4) is 0 Å². The smallest absolute Gasteiger partial charge is 0.350 e. The molecule has 1 saturated heterocycles. The standard InChI is InChI=1S/C17H24N4O4S/c1-25-17(24)16-13(4-9-26-16)19-15(23)11-21-7-5-20(6-8-21)10-14(22)18-12-2-3-12/h4,9,12H,2-3,5-8,10-11H2,1H3,(H,18,22)(H,19,23). The Balaban J connectivity index is 1.40. The van der Waals surface area contributed by atoms with Crippen molar-refractivity contribution in [1.82, 2.24) is 15.1 Å². The topological polar surface area (TPSA) is 91.0 Å². The molecule has 26 heavy (non-hydrogen) atoms. The van der Waals surface area contributed by atoms with Gasteiger partial charge in [-0.25, -0.2) is 4.79 Å². The number of amides is 2. The van der Waals surface area contributed by atoms with E-state index >= 15 is 0 Å². The average Bonchev–Trinajstić information content (AvgIpc) is 3.31. The van der Waals surface area contributed by atoms with Crippen LogP contribution in [0.1, 0.15) is 22.5 Å². The van der Waals surface area contributed by atoms with Crippen molar-refractivity contribution < 1.29 is 19.1 Å². The molecule has 0 bridgehead atoms. The molecule has 1 aromatic rings. The number of nitrogens with zero attached hydrogens (tertiary/aromatic N) is 2. The Morgan fingerprint density at radius 2 is 1.73 bits per heavy atom. The summed E-state index contributed by atoms with van der Waals surface area (Å²) in [5, 5.41) is 7.51. The third kappa shape index (κ3) is 5.26. The lowest BCUT2D eigenvalue weighted by Gasteiger charge is -2.33. The number of hydrogen-bond acceptors (Lipinski definition) is 7. The average molecular weight is 380 g/mol. The van der Waals surface area contributed by atoms with Gasteiger partial charge in [-0.2, -0.15) is 0 Å². The second-order valence-corrected chi connectivity index (χ2v) is 7.51. The Morgan fingerprint density at radius 1 is 1.12 bits per heavy atom. The van der Waals surface area contributed by atoms with Crippen LogP contribution in [0.25, 0.3) is 0 Å². The fourth-order valence-electron chi connectivity index (χ4n) is 2.86. The van der Waals surface area contributed by atoms with Gasteiger partial charge >= 0.3 is 5.97 Å². The minimum Gasteiger partial charge on any atom is -0.465 e. The van der Waals surface area contributed by atoms with Gasteiger partial charge in [0.15, 0.2) is 0 Å². The van der Waals surface area contributed by atoms with Crippen LogP contribution < -0.4 is 10.6 Å². The van der Waals surface area contributed by atoms with E-state index < -0.39 is 5.97 Å². The van der Waals surface area contributed by atoms with Crippen LogP contribution >= 0.6 is 11.3 Å². The molecular weight excluding hydrogens is 356 g/mol. The number of rotatable bonds is 7. The summed E-state index contributed by atoms with van der Waals surface area (Å²) in [6.07, 6.45) is 2.19. The van der Waals surface area contributed by atoms with Crippen molar-refractivity contribution in [2.75, 3.05) is 51.7 Å². The van der Waals surface area contributed by atoms with E-state index in [4.69, 9.17) is 4.74 Å². The first-order chi connectivity index (χ1) is 12.5. The summed E-state index contributed by atoms with van der Waals surface area (Å²) < 4.78 is 4.71. The van der Waals surface area contributed by atoms with Crippen LogP contribution in [0.15, 0.2) is 11.4 Å². The summed E-state index contributed by atoms with van der Waals surface area (Å²) in [6.45, 7) is 3.68. The van der Waals surface area contributed by atoms with Crippen LogP contribution in [0.5, 0.6) is 0 Å². The number of hydrogen-bond donors (Lipinski definition) is 2. The molecule has 2 N–H and O–H groups in total. The molecule has 0 radical (unpaired) electrons. The molecular formula is C17H24N4O4S. The van der Waals surface area contributed by atoms with Crippen molar-refractivity contribution in [2.45, 2.75) is 18.9 Å². The van der Waals surface area contributed by atoms with Crippen molar-refractivity contribution >= 4 is 34.8 Å². The second kappa shape index (κ2) is 8.61. The van der Waals surface area contributed by atoms with Gasteiger partial charge in [-0.1, -0.05) is 0 Å². The molecule has 1 aliphatic heterocycles. The summed E-state index contributed by atoms with van der Waals surface area (Å²) in [7, 11) is 1.32. The lowest BCUT2D eigenvalue weighted by atomic mass is 10.3. The summed E-state index contributed by atoms with van der Waals surface area (Å²) in [5.74, 6) is -0.520. The number of nitrogens with one attached hydrogen (secondary N) is 2. The van der Waals surface area contributed by atoms with Gasteiger partial charge < -0.3 is 15.4 Å². The molecule has 1 aliphatic carbocycles. The Labute approximate surface area is 156 Å². The largest absolute Gasteiger partial charge is 0.465 e. The zero-order valence-electron chi connectivity index (χ0n) is 14.8. The van der Waals surface area contributed by atoms with Gasteiger partial charge in [0.05, 0.1) is 25.9 Å². The van der Waals surface area contributed by atoms with Gasteiger partial charge in [0.25, 0.3) is 0 Å². The maximum absolute atomic E-state index is 12.3. The minimum atomic E-state index is -0.451. The van der Waals surface area contributed by atoms with Gasteiger partial charge in [0, 0.05) is 32.2 Å². The van der Waals surface area contributed by atoms with Crippen LogP contribution in [0.4, 0.5) is 5.69 Å². The fourth-order valence-corrected chi connectivity index (χ4v) is 3.63. The van der Waals surface area contributed by atoms with Crippen LogP contribution in [0.2, 0.25) is 0 Å². The molecule has 8 nitrogen and oxygen atoms in total. The first kappa shape index (κ1) is 18.8. The number of ether oxygens (including phenoxy) is 1. The quantitative estimate of drug-likeness (QED) is 0.664. The van der Waals surface area contributed by atoms with Crippen LogP contribution in [-0.4, -0.2) is 80.0 Å². The summed E-state index contributed by atoms with van der Waals surface area (Å²) in [5.41, 5.74) is 0.488. The Morgan fingerprint density at radius 3 is 2.31 bits per heavy atom. The first-order valence-corrected chi connectivity index (χ1v) is 9.63. The Bertz CT molecular complexity index is 665.